The Morgan fingerprint density at radius 3 is 2.48 bits per heavy atom. The Hall–Kier alpha value is -2.24. The molecule has 0 radical (unpaired) electrons. The van der Waals surface area contributed by atoms with E-state index < -0.39 is 0 Å². The molecule has 1 aliphatic carbocycles. The smallest absolute Gasteiger partial charge is 0.260 e. The number of nitrogens with zero attached hydrogens (tertiary/aromatic N) is 2. The zero-order valence-electron chi connectivity index (χ0n) is 12.3. The third-order valence-corrected chi connectivity index (χ3v) is 3.95. The topological polar surface area (TPSA) is 83.4 Å². The van der Waals surface area contributed by atoms with Crippen molar-refractivity contribution >= 4 is 5.69 Å². The van der Waals surface area contributed by atoms with Gasteiger partial charge in [-0.15, -0.1) is 0 Å². The molecule has 0 saturated heterocycles. The van der Waals surface area contributed by atoms with Gasteiger partial charge in [-0.25, -0.2) is 0 Å². The fourth-order valence-electron chi connectivity index (χ4n) is 2.77. The monoisotopic (exact) mass is 289 g/mol. The van der Waals surface area contributed by atoms with Gasteiger partial charge in [-0.2, -0.15) is 4.98 Å². The van der Waals surface area contributed by atoms with E-state index in [1.165, 1.54) is 12.8 Å². The van der Waals surface area contributed by atoms with E-state index in [-0.39, 0.29) is 0 Å². The third kappa shape index (κ3) is 2.53. The molecule has 1 saturated carbocycles. The van der Waals surface area contributed by atoms with Gasteiger partial charge in [0.15, 0.2) is 17.3 Å². The van der Waals surface area contributed by atoms with Crippen LogP contribution in [0.2, 0.25) is 0 Å². The summed E-state index contributed by atoms with van der Waals surface area (Å²) in [6, 6.07) is 3.47. The van der Waals surface area contributed by atoms with Crippen LogP contribution in [0, 0.1) is 0 Å². The summed E-state index contributed by atoms with van der Waals surface area (Å²) in [6.07, 6.45) is 4.71. The Balaban J connectivity index is 1.96. The first kappa shape index (κ1) is 13.7. The fraction of sp³-hybridized carbons (Fsp3) is 0.467. The number of hydrogen-bond acceptors (Lipinski definition) is 6. The van der Waals surface area contributed by atoms with Gasteiger partial charge in [0.1, 0.15) is 0 Å². The van der Waals surface area contributed by atoms with Crippen LogP contribution in [0.5, 0.6) is 11.5 Å². The first-order chi connectivity index (χ1) is 10.2. The molecule has 1 aliphatic rings. The Morgan fingerprint density at radius 2 is 1.81 bits per heavy atom. The standard InChI is InChI=1S/C15H19N3O3/c1-19-12-7-10(11(16)8-13(12)20-2)15-17-14(18-21-15)9-5-3-4-6-9/h7-9H,3-6,16H2,1-2H3. The van der Waals surface area contributed by atoms with Gasteiger partial charge < -0.3 is 19.7 Å². The number of nitrogen functional groups attached to an aromatic ring is 1. The molecule has 1 aromatic carbocycles. The number of anilines is 1. The summed E-state index contributed by atoms with van der Waals surface area (Å²) < 4.78 is 15.9. The second-order valence-electron chi connectivity index (χ2n) is 5.23. The van der Waals surface area contributed by atoms with Crippen LogP contribution in [0.3, 0.4) is 0 Å². The van der Waals surface area contributed by atoms with Crippen LogP contribution < -0.4 is 15.2 Å². The largest absolute Gasteiger partial charge is 0.493 e. The molecule has 6 nitrogen and oxygen atoms in total. The van der Waals surface area contributed by atoms with Crippen LogP contribution in [0.4, 0.5) is 5.69 Å². The Bertz CT molecular complexity index is 633. The molecule has 0 spiro atoms. The van der Waals surface area contributed by atoms with E-state index in [0.717, 1.165) is 18.7 Å². The second kappa shape index (κ2) is 5.63. The van der Waals surface area contributed by atoms with Crippen molar-refractivity contribution in [2.75, 3.05) is 20.0 Å². The van der Waals surface area contributed by atoms with Crippen molar-refractivity contribution in [2.24, 2.45) is 0 Å². The maximum absolute atomic E-state index is 6.05. The van der Waals surface area contributed by atoms with Crippen molar-refractivity contribution in [2.45, 2.75) is 31.6 Å². The number of hydrogen-bond donors (Lipinski definition) is 1. The predicted octanol–water partition coefficient (Wildman–Crippen LogP) is 2.99. The lowest BCUT2D eigenvalue weighted by atomic mass is 10.1. The summed E-state index contributed by atoms with van der Waals surface area (Å²) in [5.41, 5.74) is 7.25. The van der Waals surface area contributed by atoms with Crippen LogP contribution >= 0.6 is 0 Å². The zero-order valence-corrected chi connectivity index (χ0v) is 12.3. The molecule has 1 fully saturated rings. The highest BCUT2D eigenvalue weighted by Crippen LogP contribution is 2.38. The second-order valence-corrected chi connectivity index (χ2v) is 5.23. The van der Waals surface area contributed by atoms with E-state index >= 15 is 0 Å². The summed E-state index contributed by atoms with van der Waals surface area (Å²) in [4.78, 5) is 4.50. The van der Waals surface area contributed by atoms with Crippen LogP contribution in [0.25, 0.3) is 11.5 Å². The molecule has 112 valence electrons. The van der Waals surface area contributed by atoms with Crippen molar-refractivity contribution in [1.82, 2.24) is 10.1 Å². The zero-order chi connectivity index (χ0) is 14.8. The average Bonchev–Trinajstić information content (AvgIpc) is 3.17. The lowest BCUT2D eigenvalue weighted by molar-refractivity contribution is 0.355. The molecular weight excluding hydrogens is 270 g/mol. The Kier molecular flexibility index (Phi) is 3.68. The van der Waals surface area contributed by atoms with Crippen LogP contribution in [-0.4, -0.2) is 24.4 Å². The van der Waals surface area contributed by atoms with E-state index in [0.29, 0.717) is 34.6 Å². The molecule has 0 atom stereocenters. The highest BCUT2D eigenvalue weighted by molar-refractivity contribution is 5.75. The Morgan fingerprint density at radius 1 is 1.14 bits per heavy atom. The molecule has 0 bridgehead atoms. The van der Waals surface area contributed by atoms with E-state index in [1.807, 2.05) is 0 Å². The van der Waals surface area contributed by atoms with Gasteiger partial charge in [0.2, 0.25) is 0 Å². The fourth-order valence-corrected chi connectivity index (χ4v) is 2.77. The van der Waals surface area contributed by atoms with E-state index in [4.69, 9.17) is 19.7 Å². The predicted molar refractivity (Wildman–Crippen MR) is 78.5 cm³/mol. The molecule has 1 aromatic heterocycles. The molecule has 6 heteroatoms. The molecule has 2 aromatic rings. The van der Waals surface area contributed by atoms with Crippen LogP contribution in [0.1, 0.15) is 37.4 Å². The number of rotatable bonds is 4. The minimum atomic E-state index is 0.406. The number of ether oxygens (including phenoxy) is 2. The molecule has 1 heterocycles. The number of methoxy groups -OCH3 is 2. The quantitative estimate of drug-likeness (QED) is 0.871. The first-order valence-corrected chi connectivity index (χ1v) is 7.08. The van der Waals surface area contributed by atoms with Gasteiger partial charge in [0.05, 0.1) is 19.8 Å². The van der Waals surface area contributed by atoms with Crippen molar-refractivity contribution in [3.05, 3.63) is 18.0 Å². The summed E-state index contributed by atoms with van der Waals surface area (Å²) in [5.74, 6) is 2.77. The minimum Gasteiger partial charge on any atom is -0.493 e. The van der Waals surface area contributed by atoms with Gasteiger partial charge in [0.25, 0.3) is 5.89 Å². The lowest BCUT2D eigenvalue weighted by Gasteiger charge is -2.10. The molecule has 0 unspecified atom stereocenters. The van der Waals surface area contributed by atoms with Gasteiger partial charge >= 0.3 is 0 Å². The number of nitrogens with two attached hydrogens (primary N) is 1. The minimum absolute atomic E-state index is 0.406. The highest BCUT2D eigenvalue weighted by atomic mass is 16.5. The van der Waals surface area contributed by atoms with Gasteiger partial charge in [-0.3, -0.25) is 0 Å². The maximum Gasteiger partial charge on any atom is 0.260 e. The first-order valence-electron chi connectivity index (χ1n) is 7.08. The lowest BCUT2D eigenvalue weighted by Crippen LogP contribution is -1.97. The maximum atomic E-state index is 6.05. The molecule has 0 amide bonds. The molecular formula is C15H19N3O3. The highest BCUT2D eigenvalue weighted by Gasteiger charge is 2.23. The van der Waals surface area contributed by atoms with E-state index in [9.17, 15) is 0 Å². The van der Waals surface area contributed by atoms with Crippen molar-refractivity contribution < 1.29 is 14.0 Å². The van der Waals surface area contributed by atoms with Crippen LogP contribution in [-0.2, 0) is 0 Å². The SMILES string of the molecule is COc1cc(N)c(-c2nc(C3CCCC3)no2)cc1OC. The van der Waals surface area contributed by atoms with Crippen LogP contribution in [0.15, 0.2) is 16.7 Å². The summed E-state index contributed by atoms with van der Waals surface area (Å²) in [6.45, 7) is 0. The van der Waals surface area contributed by atoms with Gasteiger partial charge in [0, 0.05) is 17.7 Å². The van der Waals surface area contributed by atoms with Crippen molar-refractivity contribution in [1.29, 1.82) is 0 Å². The normalized spacial score (nSPS) is 15.3. The summed E-state index contributed by atoms with van der Waals surface area (Å²) >= 11 is 0. The molecule has 2 N–H and O–H groups in total. The number of benzene rings is 1. The molecule has 21 heavy (non-hydrogen) atoms. The number of aromatic nitrogens is 2. The Labute approximate surface area is 123 Å². The van der Waals surface area contributed by atoms with Gasteiger partial charge in [-0.1, -0.05) is 18.0 Å². The summed E-state index contributed by atoms with van der Waals surface area (Å²) in [7, 11) is 3.15. The van der Waals surface area contributed by atoms with E-state index in [1.54, 1.807) is 26.4 Å². The third-order valence-electron chi connectivity index (χ3n) is 3.95. The molecule has 0 aliphatic heterocycles. The molecule has 3 rings (SSSR count). The van der Waals surface area contributed by atoms with Gasteiger partial charge in [-0.05, 0) is 18.9 Å². The summed E-state index contributed by atoms with van der Waals surface area (Å²) in [5, 5.41) is 4.10. The van der Waals surface area contributed by atoms with Crippen molar-refractivity contribution in [3.63, 3.8) is 0 Å². The van der Waals surface area contributed by atoms with Crippen molar-refractivity contribution in [3.8, 4) is 23.0 Å². The average molecular weight is 289 g/mol. The van der Waals surface area contributed by atoms with E-state index in [2.05, 4.69) is 10.1 Å².